The normalized spacial score (nSPS) is 11.4. The van der Waals surface area contributed by atoms with E-state index in [9.17, 15) is 22.4 Å². The molecule has 0 saturated carbocycles. The maximum Gasteiger partial charge on any atom is 0.416 e. The molecule has 1 nitrogen and oxygen atoms in total. The number of hydrogen-bond donors (Lipinski definition) is 0. The lowest BCUT2D eigenvalue weighted by molar-refractivity contribution is -0.137. The van der Waals surface area contributed by atoms with Crippen LogP contribution >= 0.6 is 15.9 Å². The Bertz CT molecular complexity index is 664. The van der Waals surface area contributed by atoms with Crippen molar-refractivity contribution in [3.8, 4) is 0 Å². The van der Waals surface area contributed by atoms with Gasteiger partial charge in [-0.15, -0.1) is 0 Å². The Kier molecular flexibility index (Phi) is 3.94. The first-order valence-electron chi connectivity index (χ1n) is 5.46. The summed E-state index contributed by atoms with van der Waals surface area (Å²) in [6.45, 7) is 0. The second kappa shape index (κ2) is 5.36. The van der Waals surface area contributed by atoms with E-state index in [1.807, 2.05) is 0 Å². The van der Waals surface area contributed by atoms with Crippen LogP contribution < -0.4 is 0 Å². The van der Waals surface area contributed by atoms with Crippen LogP contribution in [0.4, 0.5) is 17.6 Å². The van der Waals surface area contributed by atoms with E-state index in [0.717, 1.165) is 30.3 Å². The van der Waals surface area contributed by atoms with Gasteiger partial charge in [0.15, 0.2) is 5.78 Å². The SMILES string of the molecule is O=C(c1cccc(F)c1)c1cc(C(F)(F)F)ccc1Br. The van der Waals surface area contributed by atoms with Crippen LogP contribution in [0.15, 0.2) is 46.9 Å². The van der Waals surface area contributed by atoms with Crippen LogP contribution in [0.3, 0.4) is 0 Å². The highest BCUT2D eigenvalue weighted by Crippen LogP contribution is 2.32. The lowest BCUT2D eigenvalue weighted by Crippen LogP contribution is -2.09. The summed E-state index contributed by atoms with van der Waals surface area (Å²) in [5, 5.41) is 0. The van der Waals surface area contributed by atoms with E-state index in [2.05, 4.69) is 15.9 Å². The highest BCUT2D eigenvalue weighted by molar-refractivity contribution is 9.10. The fraction of sp³-hybridized carbons (Fsp3) is 0.0714. The molecule has 2 aromatic carbocycles. The van der Waals surface area contributed by atoms with Gasteiger partial charge in [0.1, 0.15) is 5.82 Å². The summed E-state index contributed by atoms with van der Waals surface area (Å²) in [7, 11) is 0. The molecule has 0 amide bonds. The third-order valence-electron chi connectivity index (χ3n) is 2.63. The van der Waals surface area contributed by atoms with Gasteiger partial charge < -0.3 is 0 Å². The van der Waals surface area contributed by atoms with E-state index in [0.29, 0.717) is 0 Å². The largest absolute Gasteiger partial charge is 0.416 e. The van der Waals surface area contributed by atoms with Gasteiger partial charge in [0.25, 0.3) is 0 Å². The molecule has 0 heterocycles. The van der Waals surface area contributed by atoms with E-state index in [-0.39, 0.29) is 15.6 Å². The van der Waals surface area contributed by atoms with Crippen molar-refractivity contribution in [2.24, 2.45) is 0 Å². The summed E-state index contributed by atoms with van der Waals surface area (Å²) in [6, 6.07) is 7.56. The topological polar surface area (TPSA) is 17.1 Å². The summed E-state index contributed by atoms with van der Waals surface area (Å²) < 4.78 is 51.2. The Hall–Kier alpha value is -1.69. The van der Waals surface area contributed by atoms with E-state index in [1.54, 1.807) is 0 Å². The first kappa shape index (κ1) is 14.7. The predicted octanol–water partition coefficient (Wildman–Crippen LogP) is 4.84. The van der Waals surface area contributed by atoms with Gasteiger partial charge in [-0.25, -0.2) is 4.39 Å². The summed E-state index contributed by atoms with van der Waals surface area (Å²) in [6.07, 6.45) is -4.54. The standard InChI is InChI=1S/C14H7BrF4O/c15-12-5-4-9(14(17,18)19)7-11(12)13(20)8-2-1-3-10(16)6-8/h1-7H. The number of rotatable bonds is 2. The molecule has 6 heteroatoms. The molecule has 2 rings (SSSR count). The average molecular weight is 347 g/mol. The van der Waals surface area contributed by atoms with Crippen LogP contribution in [0.25, 0.3) is 0 Å². The minimum atomic E-state index is -4.54. The molecule has 20 heavy (non-hydrogen) atoms. The predicted molar refractivity (Wildman–Crippen MR) is 69.0 cm³/mol. The van der Waals surface area contributed by atoms with Crippen molar-refractivity contribution in [3.05, 3.63) is 69.4 Å². The van der Waals surface area contributed by atoms with Crippen LogP contribution in [-0.4, -0.2) is 5.78 Å². The minimum Gasteiger partial charge on any atom is -0.289 e. The highest BCUT2D eigenvalue weighted by atomic mass is 79.9. The molecule has 104 valence electrons. The first-order valence-corrected chi connectivity index (χ1v) is 6.25. The maximum absolute atomic E-state index is 13.1. The van der Waals surface area contributed by atoms with E-state index in [1.165, 1.54) is 12.1 Å². The van der Waals surface area contributed by atoms with Crippen LogP contribution in [0, 0.1) is 5.82 Å². The smallest absolute Gasteiger partial charge is 0.289 e. The third kappa shape index (κ3) is 3.07. The molecule has 2 aromatic rings. The molecular formula is C14H7BrF4O. The number of carbonyl (C=O) groups is 1. The molecule has 0 radical (unpaired) electrons. The molecule has 0 aliphatic heterocycles. The molecule has 0 unspecified atom stereocenters. The molecule has 0 saturated heterocycles. The fourth-order valence-corrected chi connectivity index (χ4v) is 2.09. The Morgan fingerprint density at radius 3 is 2.35 bits per heavy atom. The third-order valence-corrected chi connectivity index (χ3v) is 3.32. The summed E-state index contributed by atoms with van der Waals surface area (Å²) >= 11 is 3.03. The van der Waals surface area contributed by atoms with E-state index >= 15 is 0 Å². The molecular weight excluding hydrogens is 340 g/mol. The molecule has 0 aliphatic carbocycles. The van der Waals surface area contributed by atoms with E-state index < -0.39 is 23.3 Å². The van der Waals surface area contributed by atoms with Crippen LogP contribution in [0.2, 0.25) is 0 Å². The second-order valence-electron chi connectivity index (χ2n) is 4.03. The van der Waals surface area contributed by atoms with Crippen molar-refractivity contribution < 1.29 is 22.4 Å². The first-order chi connectivity index (χ1) is 9.29. The van der Waals surface area contributed by atoms with Crippen molar-refractivity contribution >= 4 is 21.7 Å². The summed E-state index contributed by atoms with van der Waals surface area (Å²) in [5.74, 6) is -1.30. The lowest BCUT2D eigenvalue weighted by atomic mass is 10.0. The van der Waals surface area contributed by atoms with Gasteiger partial charge in [-0.1, -0.05) is 28.1 Å². The maximum atomic E-state index is 13.1. The van der Waals surface area contributed by atoms with Gasteiger partial charge in [-0.2, -0.15) is 13.2 Å². The zero-order valence-corrected chi connectivity index (χ0v) is 11.4. The van der Waals surface area contributed by atoms with Gasteiger partial charge in [-0.3, -0.25) is 4.79 Å². The number of alkyl halides is 3. The van der Waals surface area contributed by atoms with Crippen molar-refractivity contribution in [3.63, 3.8) is 0 Å². The summed E-state index contributed by atoms with van der Waals surface area (Å²) in [5.41, 5.74) is -1.10. The Morgan fingerprint density at radius 1 is 1.05 bits per heavy atom. The van der Waals surface area contributed by atoms with Crippen molar-refractivity contribution in [1.29, 1.82) is 0 Å². The van der Waals surface area contributed by atoms with Gasteiger partial charge in [-0.05, 0) is 30.3 Å². The number of ketones is 1. The Balaban J connectivity index is 2.49. The minimum absolute atomic E-state index is 0.00924. The van der Waals surface area contributed by atoms with Crippen LogP contribution in [0.1, 0.15) is 21.5 Å². The fourth-order valence-electron chi connectivity index (χ4n) is 1.66. The molecule has 0 aliphatic rings. The van der Waals surface area contributed by atoms with Gasteiger partial charge in [0.2, 0.25) is 0 Å². The van der Waals surface area contributed by atoms with Gasteiger partial charge >= 0.3 is 6.18 Å². The number of carbonyl (C=O) groups excluding carboxylic acids is 1. The van der Waals surface area contributed by atoms with E-state index in [4.69, 9.17) is 0 Å². The monoisotopic (exact) mass is 346 g/mol. The lowest BCUT2D eigenvalue weighted by Gasteiger charge is -2.10. The quantitative estimate of drug-likeness (QED) is 0.561. The second-order valence-corrected chi connectivity index (χ2v) is 4.89. The molecule has 0 fully saturated rings. The van der Waals surface area contributed by atoms with Gasteiger partial charge in [0, 0.05) is 15.6 Å². The molecule has 0 spiro atoms. The average Bonchev–Trinajstić information content (AvgIpc) is 2.37. The number of halogens is 5. The van der Waals surface area contributed by atoms with Crippen LogP contribution in [0.5, 0.6) is 0 Å². The molecule has 0 atom stereocenters. The number of benzene rings is 2. The Labute approximate surface area is 120 Å². The van der Waals surface area contributed by atoms with Crippen molar-refractivity contribution in [2.75, 3.05) is 0 Å². The zero-order chi connectivity index (χ0) is 14.9. The summed E-state index contributed by atoms with van der Waals surface area (Å²) in [4.78, 5) is 12.1. The molecule has 0 N–H and O–H groups in total. The molecule has 0 aromatic heterocycles. The highest BCUT2D eigenvalue weighted by Gasteiger charge is 2.31. The van der Waals surface area contributed by atoms with Crippen LogP contribution in [-0.2, 0) is 6.18 Å². The van der Waals surface area contributed by atoms with Gasteiger partial charge in [0.05, 0.1) is 5.56 Å². The molecule has 0 bridgehead atoms. The van der Waals surface area contributed by atoms with Crippen molar-refractivity contribution in [1.82, 2.24) is 0 Å². The Morgan fingerprint density at radius 2 is 1.75 bits per heavy atom. The van der Waals surface area contributed by atoms with Crippen molar-refractivity contribution in [2.45, 2.75) is 6.18 Å². The zero-order valence-electron chi connectivity index (χ0n) is 9.84. The number of hydrogen-bond acceptors (Lipinski definition) is 1.